The third kappa shape index (κ3) is 5.88. The van der Waals surface area contributed by atoms with Crippen LogP contribution < -0.4 is 10.1 Å². The number of aryl methyl sites for hydroxylation is 1. The van der Waals surface area contributed by atoms with E-state index in [2.05, 4.69) is 12.2 Å². The van der Waals surface area contributed by atoms with E-state index in [-0.39, 0.29) is 18.4 Å². The van der Waals surface area contributed by atoms with Crippen molar-refractivity contribution in [1.82, 2.24) is 10.2 Å². The fourth-order valence-electron chi connectivity index (χ4n) is 3.63. The van der Waals surface area contributed by atoms with Crippen molar-refractivity contribution in [2.45, 2.75) is 46.2 Å². The second kappa shape index (κ2) is 11.3. The van der Waals surface area contributed by atoms with E-state index in [1.54, 1.807) is 11.8 Å². The van der Waals surface area contributed by atoms with Crippen LogP contribution >= 0.6 is 0 Å². The Morgan fingerprint density at radius 1 is 1.00 bits per heavy atom. The van der Waals surface area contributed by atoms with Gasteiger partial charge in [0.1, 0.15) is 11.8 Å². The lowest BCUT2D eigenvalue weighted by atomic mass is 10.1. The molecule has 0 bridgehead atoms. The lowest BCUT2D eigenvalue weighted by Gasteiger charge is -2.29. The Morgan fingerprint density at radius 3 is 2.50 bits per heavy atom. The number of fused-ring (bicyclic) bond motifs is 1. The van der Waals surface area contributed by atoms with Gasteiger partial charge in [-0.2, -0.15) is 0 Å². The van der Waals surface area contributed by atoms with Crippen LogP contribution in [0, 0.1) is 6.92 Å². The largest absolute Gasteiger partial charge is 0.483 e. The maximum absolute atomic E-state index is 13.3. The molecule has 1 atom stereocenters. The first kappa shape index (κ1) is 23.3. The Hall–Kier alpha value is -3.34. The Morgan fingerprint density at radius 2 is 1.72 bits per heavy atom. The summed E-state index contributed by atoms with van der Waals surface area (Å²) in [7, 11) is 0. The number of unbranched alkanes of at least 4 members (excludes halogenated alkanes) is 1. The third-order valence-corrected chi connectivity index (χ3v) is 5.70. The molecule has 0 saturated heterocycles. The highest BCUT2D eigenvalue weighted by atomic mass is 16.5. The predicted octanol–water partition coefficient (Wildman–Crippen LogP) is 4.86. The minimum absolute atomic E-state index is 0.132. The van der Waals surface area contributed by atoms with Gasteiger partial charge in [0.15, 0.2) is 6.61 Å². The molecule has 0 fully saturated rings. The van der Waals surface area contributed by atoms with Gasteiger partial charge in [-0.05, 0) is 42.8 Å². The van der Waals surface area contributed by atoms with E-state index in [1.807, 2.05) is 73.7 Å². The monoisotopic (exact) mass is 432 g/mol. The number of amides is 2. The molecule has 0 heterocycles. The molecule has 3 aromatic rings. The van der Waals surface area contributed by atoms with Crippen molar-refractivity contribution in [3.05, 3.63) is 77.9 Å². The molecule has 0 saturated carbocycles. The number of carbonyl (C=O) groups excluding carboxylic acids is 2. The van der Waals surface area contributed by atoms with E-state index in [9.17, 15) is 9.59 Å². The summed E-state index contributed by atoms with van der Waals surface area (Å²) in [6.07, 6.45) is 1.91. The lowest BCUT2D eigenvalue weighted by molar-refractivity contribution is -0.142. The minimum atomic E-state index is -0.602. The molecular weight excluding hydrogens is 400 g/mol. The smallest absolute Gasteiger partial charge is 0.261 e. The normalized spacial score (nSPS) is 11.7. The molecule has 0 radical (unpaired) electrons. The second-order valence-corrected chi connectivity index (χ2v) is 8.03. The van der Waals surface area contributed by atoms with Crippen LogP contribution in [0.2, 0.25) is 0 Å². The van der Waals surface area contributed by atoms with Crippen LogP contribution in [0.3, 0.4) is 0 Å². The summed E-state index contributed by atoms with van der Waals surface area (Å²) < 4.78 is 5.94. The predicted molar refractivity (Wildman–Crippen MR) is 129 cm³/mol. The Bertz CT molecular complexity index is 1060. The number of ether oxygens (including phenoxy) is 1. The van der Waals surface area contributed by atoms with Gasteiger partial charge in [-0.1, -0.05) is 74.0 Å². The van der Waals surface area contributed by atoms with Crippen LogP contribution in [-0.4, -0.2) is 35.9 Å². The number of carbonyl (C=O) groups is 2. The molecule has 0 spiro atoms. The quantitative estimate of drug-likeness (QED) is 0.466. The van der Waals surface area contributed by atoms with Gasteiger partial charge < -0.3 is 15.0 Å². The van der Waals surface area contributed by atoms with Crippen LogP contribution in [0.4, 0.5) is 0 Å². The molecule has 168 valence electrons. The molecule has 0 aliphatic carbocycles. The fourth-order valence-corrected chi connectivity index (χ4v) is 3.63. The van der Waals surface area contributed by atoms with Gasteiger partial charge in [0.05, 0.1) is 0 Å². The minimum Gasteiger partial charge on any atom is -0.483 e. The van der Waals surface area contributed by atoms with Crippen LogP contribution in [0.25, 0.3) is 10.8 Å². The summed E-state index contributed by atoms with van der Waals surface area (Å²) in [6, 6.07) is 21.0. The number of rotatable bonds is 10. The van der Waals surface area contributed by atoms with Crippen molar-refractivity contribution in [1.29, 1.82) is 0 Å². The van der Waals surface area contributed by atoms with Crippen molar-refractivity contribution in [2.24, 2.45) is 0 Å². The zero-order chi connectivity index (χ0) is 22.9. The average Bonchev–Trinajstić information content (AvgIpc) is 2.81. The third-order valence-electron chi connectivity index (χ3n) is 5.70. The Balaban J connectivity index is 1.77. The highest BCUT2D eigenvalue weighted by molar-refractivity contribution is 5.90. The van der Waals surface area contributed by atoms with Crippen molar-refractivity contribution in [3.63, 3.8) is 0 Å². The molecule has 0 aliphatic rings. The summed E-state index contributed by atoms with van der Waals surface area (Å²) >= 11 is 0. The van der Waals surface area contributed by atoms with Crippen molar-refractivity contribution < 1.29 is 14.3 Å². The van der Waals surface area contributed by atoms with Crippen LogP contribution in [-0.2, 0) is 16.1 Å². The van der Waals surface area contributed by atoms with E-state index < -0.39 is 6.04 Å². The van der Waals surface area contributed by atoms with Crippen molar-refractivity contribution in [2.75, 3.05) is 13.2 Å². The molecule has 0 aliphatic heterocycles. The SMILES string of the molecule is CCCCNC(=O)[C@H](C)N(Cc1ccccc1C)C(=O)COc1cccc2ccccc12. The van der Waals surface area contributed by atoms with Gasteiger partial charge in [0.2, 0.25) is 5.91 Å². The van der Waals surface area contributed by atoms with Gasteiger partial charge in [-0.15, -0.1) is 0 Å². The molecule has 5 nitrogen and oxygen atoms in total. The topological polar surface area (TPSA) is 58.6 Å². The highest BCUT2D eigenvalue weighted by Gasteiger charge is 2.26. The molecule has 3 rings (SSSR count). The first-order valence-corrected chi connectivity index (χ1v) is 11.2. The molecular formula is C27H32N2O3. The zero-order valence-electron chi connectivity index (χ0n) is 19.1. The van der Waals surface area contributed by atoms with Crippen LogP contribution in [0.15, 0.2) is 66.7 Å². The van der Waals surface area contributed by atoms with Gasteiger partial charge >= 0.3 is 0 Å². The molecule has 0 aromatic heterocycles. The number of nitrogens with one attached hydrogen (secondary N) is 1. The van der Waals surface area contributed by atoms with Gasteiger partial charge in [0.25, 0.3) is 5.91 Å². The fraction of sp³-hybridized carbons (Fsp3) is 0.333. The Labute approximate surface area is 190 Å². The number of hydrogen-bond donors (Lipinski definition) is 1. The summed E-state index contributed by atoms with van der Waals surface area (Å²) in [5.74, 6) is 0.289. The van der Waals surface area contributed by atoms with E-state index in [1.165, 1.54) is 0 Å². The summed E-state index contributed by atoms with van der Waals surface area (Å²) in [4.78, 5) is 27.6. The second-order valence-electron chi connectivity index (χ2n) is 8.03. The number of benzene rings is 3. The first-order chi connectivity index (χ1) is 15.5. The molecule has 5 heteroatoms. The van der Waals surface area contributed by atoms with E-state index in [4.69, 9.17) is 4.74 Å². The van der Waals surface area contributed by atoms with Crippen molar-refractivity contribution in [3.8, 4) is 5.75 Å². The highest BCUT2D eigenvalue weighted by Crippen LogP contribution is 2.25. The standard InChI is InChI=1S/C27H32N2O3/c1-4-5-17-28-27(31)21(3)29(18-23-13-7-6-11-20(23)2)26(30)19-32-25-16-10-14-22-12-8-9-15-24(22)25/h6-16,21H,4-5,17-19H2,1-3H3,(H,28,31)/t21-/m0/s1. The average molecular weight is 433 g/mol. The summed E-state index contributed by atoms with van der Waals surface area (Å²) in [5.41, 5.74) is 2.10. The zero-order valence-corrected chi connectivity index (χ0v) is 19.1. The van der Waals surface area contributed by atoms with Crippen molar-refractivity contribution >= 4 is 22.6 Å². The summed E-state index contributed by atoms with van der Waals surface area (Å²) in [6.45, 7) is 6.69. The number of hydrogen-bond acceptors (Lipinski definition) is 3. The van der Waals surface area contributed by atoms with Crippen LogP contribution in [0.5, 0.6) is 5.75 Å². The van der Waals surface area contributed by atoms with Gasteiger partial charge in [0, 0.05) is 18.5 Å². The van der Waals surface area contributed by atoms with Gasteiger partial charge in [-0.3, -0.25) is 9.59 Å². The molecule has 0 unspecified atom stereocenters. The first-order valence-electron chi connectivity index (χ1n) is 11.2. The molecule has 1 N–H and O–H groups in total. The molecule has 3 aromatic carbocycles. The van der Waals surface area contributed by atoms with E-state index >= 15 is 0 Å². The molecule has 2 amide bonds. The maximum atomic E-state index is 13.3. The van der Waals surface area contributed by atoms with E-state index in [0.29, 0.717) is 18.8 Å². The number of nitrogens with zero attached hydrogens (tertiary/aromatic N) is 1. The van der Waals surface area contributed by atoms with Crippen LogP contribution in [0.1, 0.15) is 37.8 Å². The maximum Gasteiger partial charge on any atom is 0.261 e. The van der Waals surface area contributed by atoms with E-state index in [0.717, 1.165) is 34.7 Å². The van der Waals surface area contributed by atoms with Gasteiger partial charge in [-0.25, -0.2) is 0 Å². The Kier molecular flexibility index (Phi) is 8.26. The lowest BCUT2D eigenvalue weighted by Crippen LogP contribution is -2.49. The summed E-state index contributed by atoms with van der Waals surface area (Å²) in [5, 5.41) is 4.95. The molecule has 32 heavy (non-hydrogen) atoms.